The Bertz CT molecular complexity index is 976. The lowest BCUT2D eigenvalue weighted by Gasteiger charge is -2.14. The predicted molar refractivity (Wildman–Crippen MR) is 102 cm³/mol. The molecule has 0 radical (unpaired) electrons. The van der Waals surface area contributed by atoms with Crippen LogP contribution in [0.15, 0.2) is 38.8 Å². The summed E-state index contributed by atoms with van der Waals surface area (Å²) in [6.45, 7) is 3.08. The summed E-state index contributed by atoms with van der Waals surface area (Å²) in [6, 6.07) is 6.98. The number of ketones is 1. The Morgan fingerprint density at radius 3 is 2.23 bits per heavy atom. The van der Waals surface area contributed by atoms with Crippen LogP contribution in [0.3, 0.4) is 0 Å². The molecule has 1 amide bonds. The van der Waals surface area contributed by atoms with Gasteiger partial charge in [-0.1, -0.05) is 0 Å². The van der Waals surface area contributed by atoms with E-state index in [4.69, 9.17) is 5.73 Å². The first-order chi connectivity index (χ1) is 12.1. The van der Waals surface area contributed by atoms with Gasteiger partial charge < -0.3 is 11.1 Å². The van der Waals surface area contributed by atoms with E-state index in [1.165, 1.54) is 32.8 Å². The molecule has 2 rings (SSSR count). The predicted octanol–water partition coefficient (Wildman–Crippen LogP) is 0.988. The van der Waals surface area contributed by atoms with E-state index in [9.17, 15) is 19.2 Å². The number of nitrogens with one attached hydrogen (secondary N) is 1. The molecular formula is C17H20N4O4S. The average molecular weight is 376 g/mol. The van der Waals surface area contributed by atoms with E-state index in [0.717, 1.165) is 14.0 Å². The maximum absolute atomic E-state index is 12.7. The molecule has 0 aliphatic rings. The molecule has 8 nitrogen and oxygen atoms in total. The van der Waals surface area contributed by atoms with Gasteiger partial charge in [0.05, 0.1) is 5.25 Å². The van der Waals surface area contributed by atoms with Gasteiger partial charge in [0.2, 0.25) is 5.91 Å². The molecule has 3 N–H and O–H groups in total. The van der Waals surface area contributed by atoms with Crippen molar-refractivity contribution in [1.82, 2.24) is 9.13 Å². The molecule has 0 spiro atoms. The molecule has 0 saturated heterocycles. The third-order valence-corrected chi connectivity index (χ3v) is 4.92. The van der Waals surface area contributed by atoms with Gasteiger partial charge in [-0.05, 0) is 31.2 Å². The Morgan fingerprint density at radius 1 is 1.12 bits per heavy atom. The molecule has 2 aromatic rings. The number of nitrogens with two attached hydrogens (primary N) is 1. The second-order valence-corrected chi connectivity index (χ2v) is 7.21. The van der Waals surface area contributed by atoms with Crippen molar-refractivity contribution < 1.29 is 9.59 Å². The molecule has 1 atom stereocenters. The Hall–Kier alpha value is -2.81. The van der Waals surface area contributed by atoms with Crippen LogP contribution in [-0.2, 0) is 18.9 Å². The minimum Gasteiger partial charge on any atom is -0.384 e. The number of thioether (sulfide) groups is 1. The molecule has 0 aliphatic carbocycles. The van der Waals surface area contributed by atoms with Gasteiger partial charge in [-0.3, -0.25) is 23.5 Å². The summed E-state index contributed by atoms with van der Waals surface area (Å²) in [6.07, 6.45) is 0. The molecule has 0 aliphatic heterocycles. The molecule has 0 unspecified atom stereocenters. The van der Waals surface area contributed by atoms with Gasteiger partial charge in [0.25, 0.3) is 5.56 Å². The number of amides is 1. The number of hydrogen-bond donors (Lipinski definition) is 2. The van der Waals surface area contributed by atoms with E-state index in [1.807, 2.05) is 0 Å². The summed E-state index contributed by atoms with van der Waals surface area (Å²) in [5.41, 5.74) is 5.00. The summed E-state index contributed by atoms with van der Waals surface area (Å²) in [4.78, 5) is 48.7. The topological polar surface area (TPSA) is 116 Å². The van der Waals surface area contributed by atoms with Gasteiger partial charge in [0, 0.05) is 31.6 Å². The van der Waals surface area contributed by atoms with E-state index in [0.29, 0.717) is 5.69 Å². The fourth-order valence-electron chi connectivity index (χ4n) is 2.37. The molecule has 0 saturated carbocycles. The monoisotopic (exact) mass is 376 g/mol. The van der Waals surface area contributed by atoms with Crippen LogP contribution >= 0.6 is 11.8 Å². The molecule has 26 heavy (non-hydrogen) atoms. The zero-order chi connectivity index (χ0) is 19.6. The SMILES string of the molecule is CC(=O)Nc1ccc(S[C@H](C)C(=O)c2c(N)n(C)c(=O)n(C)c2=O)cc1. The van der Waals surface area contributed by atoms with E-state index in [2.05, 4.69) is 5.32 Å². The highest BCUT2D eigenvalue weighted by atomic mass is 32.2. The summed E-state index contributed by atoms with van der Waals surface area (Å²) in [5.74, 6) is -0.763. The van der Waals surface area contributed by atoms with Crippen LogP contribution < -0.4 is 22.3 Å². The normalized spacial score (nSPS) is 11.8. The van der Waals surface area contributed by atoms with Crippen LogP contribution in [0.4, 0.5) is 11.5 Å². The molecule has 9 heteroatoms. The van der Waals surface area contributed by atoms with Gasteiger partial charge in [-0.2, -0.15) is 0 Å². The van der Waals surface area contributed by atoms with Crippen molar-refractivity contribution >= 4 is 35.0 Å². The molecular weight excluding hydrogens is 356 g/mol. The highest BCUT2D eigenvalue weighted by molar-refractivity contribution is 8.00. The molecule has 0 bridgehead atoms. The van der Waals surface area contributed by atoms with Gasteiger partial charge in [-0.15, -0.1) is 11.8 Å². The number of aromatic nitrogens is 2. The van der Waals surface area contributed by atoms with E-state index < -0.39 is 22.3 Å². The fourth-order valence-corrected chi connectivity index (χ4v) is 3.30. The van der Waals surface area contributed by atoms with Crippen LogP contribution in [0.25, 0.3) is 0 Å². The lowest BCUT2D eigenvalue weighted by molar-refractivity contribution is -0.114. The number of carbonyl (C=O) groups is 2. The first-order valence-electron chi connectivity index (χ1n) is 7.77. The molecule has 1 aromatic heterocycles. The minimum absolute atomic E-state index is 0.142. The second-order valence-electron chi connectivity index (χ2n) is 5.80. The number of Topliss-reactive ketones (excluding diaryl/α,β-unsaturated/α-hetero) is 1. The second kappa shape index (κ2) is 7.61. The van der Waals surface area contributed by atoms with Crippen molar-refractivity contribution in [3.05, 3.63) is 50.7 Å². The summed E-state index contributed by atoms with van der Waals surface area (Å²) in [7, 11) is 2.71. The van der Waals surface area contributed by atoms with Crippen molar-refractivity contribution in [2.45, 2.75) is 24.0 Å². The standard InChI is InChI=1S/C17H20N4O4S/c1-9(26-12-7-5-11(6-8-12)19-10(2)22)14(23)13-15(18)20(3)17(25)21(4)16(13)24/h5-9H,18H2,1-4H3,(H,19,22)/t9-/m1/s1. The van der Waals surface area contributed by atoms with Crippen molar-refractivity contribution in [2.75, 3.05) is 11.1 Å². The average Bonchev–Trinajstić information content (AvgIpc) is 2.59. The number of hydrogen-bond acceptors (Lipinski definition) is 6. The van der Waals surface area contributed by atoms with Crippen LogP contribution in [-0.4, -0.2) is 26.1 Å². The highest BCUT2D eigenvalue weighted by Gasteiger charge is 2.25. The van der Waals surface area contributed by atoms with E-state index >= 15 is 0 Å². The van der Waals surface area contributed by atoms with Crippen molar-refractivity contribution in [1.29, 1.82) is 0 Å². The Morgan fingerprint density at radius 2 is 1.69 bits per heavy atom. The Balaban J connectivity index is 2.27. The van der Waals surface area contributed by atoms with E-state index in [1.54, 1.807) is 31.2 Å². The zero-order valence-electron chi connectivity index (χ0n) is 14.9. The lowest BCUT2D eigenvalue weighted by atomic mass is 10.1. The van der Waals surface area contributed by atoms with Crippen molar-refractivity contribution in [3.63, 3.8) is 0 Å². The van der Waals surface area contributed by atoms with Crippen molar-refractivity contribution in [2.24, 2.45) is 14.1 Å². The smallest absolute Gasteiger partial charge is 0.332 e. The maximum Gasteiger partial charge on any atom is 0.332 e. The summed E-state index contributed by atoms with van der Waals surface area (Å²) in [5, 5.41) is 2.07. The van der Waals surface area contributed by atoms with Gasteiger partial charge >= 0.3 is 5.69 Å². The lowest BCUT2D eigenvalue weighted by Crippen LogP contribution is -2.42. The summed E-state index contributed by atoms with van der Waals surface area (Å²) < 4.78 is 1.94. The summed E-state index contributed by atoms with van der Waals surface area (Å²) >= 11 is 1.25. The molecule has 1 aromatic carbocycles. The quantitative estimate of drug-likeness (QED) is 0.594. The highest BCUT2D eigenvalue weighted by Crippen LogP contribution is 2.27. The van der Waals surface area contributed by atoms with Gasteiger partial charge in [0.15, 0.2) is 5.78 Å². The van der Waals surface area contributed by atoms with Crippen LogP contribution in [0.1, 0.15) is 24.2 Å². The maximum atomic E-state index is 12.7. The number of rotatable bonds is 5. The fraction of sp³-hybridized carbons (Fsp3) is 0.294. The third kappa shape index (κ3) is 3.88. The number of anilines is 2. The number of carbonyl (C=O) groups excluding carboxylic acids is 2. The number of nitrogen functional groups attached to an aromatic ring is 1. The Labute approximate surface area is 154 Å². The van der Waals surface area contributed by atoms with Crippen LogP contribution in [0, 0.1) is 0 Å². The van der Waals surface area contributed by atoms with Crippen molar-refractivity contribution in [3.8, 4) is 0 Å². The zero-order valence-corrected chi connectivity index (χ0v) is 15.7. The molecule has 0 fully saturated rings. The molecule has 1 heterocycles. The van der Waals surface area contributed by atoms with Crippen LogP contribution in [0.5, 0.6) is 0 Å². The largest absolute Gasteiger partial charge is 0.384 e. The third-order valence-electron chi connectivity index (χ3n) is 3.81. The first-order valence-corrected chi connectivity index (χ1v) is 8.65. The van der Waals surface area contributed by atoms with E-state index in [-0.39, 0.29) is 17.3 Å². The number of benzene rings is 1. The first kappa shape index (κ1) is 19.5. The van der Waals surface area contributed by atoms with Gasteiger partial charge in [0.1, 0.15) is 11.4 Å². The number of nitrogens with zero attached hydrogens (tertiary/aromatic N) is 2. The minimum atomic E-state index is -0.705. The molecule has 138 valence electrons. The van der Waals surface area contributed by atoms with Crippen LogP contribution in [0.2, 0.25) is 0 Å². The Kier molecular flexibility index (Phi) is 5.71. The van der Waals surface area contributed by atoms with Gasteiger partial charge in [-0.25, -0.2) is 4.79 Å².